The van der Waals surface area contributed by atoms with Gasteiger partial charge in [-0.1, -0.05) is 35.9 Å². The normalized spacial score (nSPS) is 9.95. The van der Waals surface area contributed by atoms with Crippen molar-refractivity contribution < 1.29 is 19.1 Å². The lowest BCUT2D eigenvalue weighted by Gasteiger charge is -2.08. The Labute approximate surface area is 127 Å². The van der Waals surface area contributed by atoms with E-state index in [4.69, 9.17) is 21.1 Å². The van der Waals surface area contributed by atoms with Crippen molar-refractivity contribution in [3.63, 3.8) is 0 Å². The van der Waals surface area contributed by atoms with Crippen LogP contribution in [0.5, 0.6) is 5.75 Å². The van der Waals surface area contributed by atoms with E-state index >= 15 is 0 Å². The molecule has 0 spiro atoms. The molecule has 2 aromatic carbocycles. The van der Waals surface area contributed by atoms with Crippen molar-refractivity contribution in [2.75, 3.05) is 6.61 Å². The molecule has 21 heavy (non-hydrogen) atoms. The van der Waals surface area contributed by atoms with Crippen molar-refractivity contribution in [1.82, 2.24) is 0 Å². The van der Waals surface area contributed by atoms with Crippen molar-refractivity contribution >= 4 is 23.9 Å². The average molecular weight is 305 g/mol. The molecule has 0 atom stereocenters. The summed E-state index contributed by atoms with van der Waals surface area (Å²) in [6.07, 6.45) is 0.673. The Morgan fingerprint density at radius 2 is 1.95 bits per heavy atom. The third-order valence-corrected chi connectivity index (χ3v) is 2.92. The number of benzene rings is 2. The lowest BCUT2D eigenvalue weighted by molar-refractivity contribution is -0.147. The Hall–Kier alpha value is -2.33. The summed E-state index contributed by atoms with van der Waals surface area (Å²) >= 11 is 5.84. The van der Waals surface area contributed by atoms with Gasteiger partial charge in [0, 0.05) is 5.02 Å². The molecule has 0 N–H and O–H groups in total. The number of carbonyl (C=O) groups excluding carboxylic acids is 2. The van der Waals surface area contributed by atoms with Gasteiger partial charge in [0.25, 0.3) is 0 Å². The zero-order valence-corrected chi connectivity index (χ0v) is 11.9. The molecular weight excluding hydrogens is 292 g/mol. The molecule has 0 heterocycles. The van der Waals surface area contributed by atoms with Gasteiger partial charge in [-0.25, -0.2) is 4.79 Å². The maximum absolute atomic E-state index is 11.6. The second-order valence-corrected chi connectivity index (χ2v) is 4.67. The molecule has 0 saturated carbocycles. The van der Waals surface area contributed by atoms with Crippen molar-refractivity contribution in [2.45, 2.75) is 6.61 Å². The first-order valence-corrected chi connectivity index (χ1v) is 6.64. The van der Waals surface area contributed by atoms with Gasteiger partial charge in [0.05, 0.1) is 5.56 Å². The third kappa shape index (κ3) is 4.61. The number of halogens is 1. The van der Waals surface area contributed by atoms with Gasteiger partial charge < -0.3 is 9.47 Å². The SMILES string of the molecule is O=Cc1ccccc1OCC(=O)OCc1cccc(Cl)c1. The molecule has 2 aromatic rings. The van der Waals surface area contributed by atoms with Crippen LogP contribution in [0.4, 0.5) is 0 Å². The van der Waals surface area contributed by atoms with E-state index in [1.165, 1.54) is 0 Å². The van der Waals surface area contributed by atoms with Crippen LogP contribution in [0.2, 0.25) is 5.02 Å². The molecule has 0 fully saturated rings. The Bertz CT molecular complexity index is 640. The number of carbonyl (C=O) groups is 2. The molecule has 108 valence electrons. The van der Waals surface area contributed by atoms with Crippen molar-refractivity contribution in [1.29, 1.82) is 0 Å². The Balaban J connectivity index is 1.84. The van der Waals surface area contributed by atoms with E-state index in [0.717, 1.165) is 5.56 Å². The van der Waals surface area contributed by atoms with Gasteiger partial charge in [-0.3, -0.25) is 4.79 Å². The highest BCUT2D eigenvalue weighted by Crippen LogP contribution is 2.15. The van der Waals surface area contributed by atoms with Crippen LogP contribution in [0.25, 0.3) is 0 Å². The van der Waals surface area contributed by atoms with E-state index in [1.54, 1.807) is 42.5 Å². The Kier molecular flexibility index (Phi) is 5.35. The molecule has 2 rings (SSSR count). The number of para-hydroxylation sites is 1. The molecule has 0 aliphatic carbocycles. The minimum atomic E-state index is -0.518. The van der Waals surface area contributed by atoms with Crippen LogP contribution < -0.4 is 4.74 Å². The third-order valence-electron chi connectivity index (χ3n) is 2.68. The molecule has 5 heteroatoms. The smallest absolute Gasteiger partial charge is 0.344 e. The molecule has 0 aliphatic rings. The van der Waals surface area contributed by atoms with Crippen LogP contribution in [0.15, 0.2) is 48.5 Å². The van der Waals surface area contributed by atoms with E-state index in [0.29, 0.717) is 22.6 Å². The molecular formula is C16H13ClO4. The van der Waals surface area contributed by atoms with E-state index in [1.807, 2.05) is 6.07 Å². The van der Waals surface area contributed by atoms with Crippen LogP contribution in [0, 0.1) is 0 Å². The monoisotopic (exact) mass is 304 g/mol. The first-order chi connectivity index (χ1) is 10.2. The predicted molar refractivity (Wildman–Crippen MR) is 78.6 cm³/mol. The molecule has 0 radical (unpaired) electrons. The summed E-state index contributed by atoms with van der Waals surface area (Å²) < 4.78 is 10.3. The summed E-state index contributed by atoms with van der Waals surface area (Å²) in [4.78, 5) is 22.4. The predicted octanol–water partition coefficient (Wildman–Crippen LogP) is 3.27. The standard InChI is InChI=1S/C16H13ClO4/c17-14-6-3-4-12(8-14)10-21-16(19)11-20-15-7-2-1-5-13(15)9-18/h1-9H,10-11H2. The van der Waals surface area contributed by atoms with Crippen LogP contribution in [0.3, 0.4) is 0 Å². The summed E-state index contributed by atoms with van der Waals surface area (Å²) in [5.74, 6) is -0.164. The van der Waals surface area contributed by atoms with Crippen molar-refractivity contribution in [2.24, 2.45) is 0 Å². The van der Waals surface area contributed by atoms with Crippen LogP contribution in [-0.2, 0) is 16.1 Å². The molecule has 0 aliphatic heterocycles. The number of hydrogen-bond acceptors (Lipinski definition) is 4. The quantitative estimate of drug-likeness (QED) is 0.607. The fraction of sp³-hybridized carbons (Fsp3) is 0.125. The maximum Gasteiger partial charge on any atom is 0.344 e. The molecule has 0 bridgehead atoms. The number of ether oxygens (including phenoxy) is 2. The van der Waals surface area contributed by atoms with Gasteiger partial charge in [0.2, 0.25) is 0 Å². The highest BCUT2D eigenvalue weighted by molar-refractivity contribution is 6.30. The lowest BCUT2D eigenvalue weighted by Crippen LogP contribution is -2.15. The number of rotatable bonds is 6. The van der Waals surface area contributed by atoms with E-state index in [9.17, 15) is 9.59 Å². The number of aldehydes is 1. The Morgan fingerprint density at radius 3 is 2.71 bits per heavy atom. The molecule has 4 nitrogen and oxygen atoms in total. The largest absolute Gasteiger partial charge is 0.481 e. The average Bonchev–Trinajstić information content (AvgIpc) is 2.51. The molecule has 0 amide bonds. The highest BCUT2D eigenvalue weighted by Gasteiger charge is 2.07. The highest BCUT2D eigenvalue weighted by atomic mass is 35.5. The van der Waals surface area contributed by atoms with E-state index in [-0.39, 0.29) is 13.2 Å². The summed E-state index contributed by atoms with van der Waals surface area (Å²) in [5, 5.41) is 0.583. The van der Waals surface area contributed by atoms with E-state index in [2.05, 4.69) is 0 Å². The van der Waals surface area contributed by atoms with Crippen molar-refractivity contribution in [3.05, 3.63) is 64.7 Å². The minimum absolute atomic E-state index is 0.123. The summed E-state index contributed by atoms with van der Waals surface area (Å²) in [6, 6.07) is 13.7. The maximum atomic E-state index is 11.6. The van der Waals surface area contributed by atoms with Gasteiger partial charge in [-0.05, 0) is 29.8 Å². The van der Waals surface area contributed by atoms with Crippen molar-refractivity contribution in [3.8, 4) is 5.75 Å². The second-order valence-electron chi connectivity index (χ2n) is 4.23. The molecule has 0 unspecified atom stereocenters. The van der Waals surface area contributed by atoms with Gasteiger partial charge in [-0.2, -0.15) is 0 Å². The lowest BCUT2D eigenvalue weighted by atomic mass is 10.2. The van der Waals surface area contributed by atoms with E-state index < -0.39 is 5.97 Å². The number of hydrogen-bond donors (Lipinski definition) is 0. The van der Waals surface area contributed by atoms with Crippen LogP contribution >= 0.6 is 11.6 Å². The topological polar surface area (TPSA) is 52.6 Å². The molecule has 0 saturated heterocycles. The van der Waals surface area contributed by atoms with Crippen LogP contribution in [0.1, 0.15) is 15.9 Å². The Morgan fingerprint density at radius 1 is 1.14 bits per heavy atom. The summed E-state index contributed by atoms with van der Waals surface area (Å²) in [5.41, 5.74) is 1.18. The summed E-state index contributed by atoms with van der Waals surface area (Å²) in [7, 11) is 0. The first-order valence-electron chi connectivity index (χ1n) is 6.26. The minimum Gasteiger partial charge on any atom is -0.481 e. The van der Waals surface area contributed by atoms with Gasteiger partial charge >= 0.3 is 5.97 Å². The fourth-order valence-electron chi connectivity index (χ4n) is 1.68. The summed E-state index contributed by atoms with van der Waals surface area (Å²) in [6.45, 7) is -0.135. The fourth-order valence-corrected chi connectivity index (χ4v) is 1.89. The van der Waals surface area contributed by atoms with Gasteiger partial charge in [0.15, 0.2) is 12.9 Å². The second kappa shape index (κ2) is 7.45. The van der Waals surface area contributed by atoms with Gasteiger partial charge in [-0.15, -0.1) is 0 Å². The first kappa shape index (κ1) is 15.1. The zero-order valence-electron chi connectivity index (χ0n) is 11.1. The zero-order chi connectivity index (χ0) is 15.1. The van der Waals surface area contributed by atoms with Crippen LogP contribution in [-0.4, -0.2) is 18.9 Å². The molecule has 0 aromatic heterocycles. The number of esters is 1. The van der Waals surface area contributed by atoms with Gasteiger partial charge in [0.1, 0.15) is 12.4 Å².